The van der Waals surface area contributed by atoms with Crippen LogP contribution in [-0.4, -0.2) is 36.0 Å². The second-order valence-corrected chi connectivity index (χ2v) is 8.24. The lowest BCUT2D eigenvalue weighted by atomic mass is 9.81. The van der Waals surface area contributed by atoms with Gasteiger partial charge in [-0.1, -0.05) is 36.4 Å². The summed E-state index contributed by atoms with van der Waals surface area (Å²) in [5.41, 5.74) is 4.22. The maximum Gasteiger partial charge on any atom is 0.337 e. The summed E-state index contributed by atoms with van der Waals surface area (Å²) < 4.78 is 10.3. The minimum Gasteiger partial charge on any atom is -0.465 e. The Morgan fingerprint density at radius 2 is 1.78 bits per heavy atom. The molecule has 168 valence electrons. The van der Waals surface area contributed by atoms with Crippen molar-refractivity contribution in [2.45, 2.75) is 52.7 Å². The van der Waals surface area contributed by atoms with Gasteiger partial charge in [0.25, 0.3) is 0 Å². The zero-order chi connectivity index (χ0) is 23.4. The number of hydrogen-bond donors (Lipinski definition) is 0. The van der Waals surface area contributed by atoms with E-state index in [0.717, 1.165) is 16.7 Å². The second-order valence-electron chi connectivity index (χ2n) is 8.24. The van der Waals surface area contributed by atoms with Gasteiger partial charge in [0.2, 0.25) is 5.91 Å². The molecule has 2 aromatic carbocycles. The number of methoxy groups -OCH3 is 1. The lowest BCUT2D eigenvalue weighted by Crippen LogP contribution is -2.38. The summed E-state index contributed by atoms with van der Waals surface area (Å²) in [4.78, 5) is 39.8. The number of ether oxygens (including phenoxy) is 2. The number of aryl methyl sites for hydroxylation is 1. The van der Waals surface area contributed by atoms with Gasteiger partial charge in [-0.15, -0.1) is 0 Å². The van der Waals surface area contributed by atoms with Crippen LogP contribution >= 0.6 is 0 Å². The predicted molar refractivity (Wildman–Crippen MR) is 121 cm³/mol. The van der Waals surface area contributed by atoms with Crippen LogP contribution in [0.5, 0.6) is 0 Å². The standard InChI is InChI=1S/C26H29NO5/c1-16(2)32-26(30)24-18(4)27(15-19-10-8-11-20(13-19)25(29)31-5)23(28)14-22(24)21-12-7-6-9-17(21)3/h6-13,16,22H,14-15H2,1-5H3. The number of carbonyl (C=O) groups excluding carboxylic acids is 3. The molecule has 0 saturated carbocycles. The third-order valence-electron chi connectivity index (χ3n) is 5.64. The minimum atomic E-state index is -0.440. The van der Waals surface area contributed by atoms with Crippen LogP contribution in [0.1, 0.15) is 60.2 Å². The van der Waals surface area contributed by atoms with Crippen LogP contribution < -0.4 is 0 Å². The summed E-state index contributed by atoms with van der Waals surface area (Å²) in [6.45, 7) is 7.62. The van der Waals surface area contributed by atoms with Crippen molar-refractivity contribution >= 4 is 17.8 Å². The molecule has 6 nitrogen and oxygen atoms in total. The van der Waals surface area contributed by atoms with E-state index in [1.165, 1.54) is 7.11 Å². The van der Waals surface area contributed by atoms with Crippen molar-refractivity contribution in [2.24, 2.45) is 0 Å². The normalized spacial score (nSPS) is 16.4. The molecule has 3 rings (SSSR count). The van der Waals surface area contributed by atoms with Crippen molar-refractivity contribution < 1.29 is 23.9 Å². The molecule has 0 fully saturated rings. The molecule has 1 heterocycles. The van der Waals surface area contributed by atoms with E-state index in [1.807, 2.05) is 37.3 Å². The van der Waals surface area contributed by atoms with Gasteiger partial charge in [0.15, 0.2) is 0 Å². The SMILES string of the molecule is COC(=O)c1cccc(CN2C(=O)CC(c3ccccc3C)C(C(=O)OC(C)C)=C2C)c1. The fourth-order valence-corrected chi connectivity index (χ4v) is 4.09. The number of amides is 1. The third-order valence-corrected chi connectivity index (χ3v) is 5.64. The van der Waals surface area contributed by atoms with Gasteiger partial charge >= 0.3 is 11.9 Å². The number of rotatable bonds is 6. The van der Waals surface area contributed by atoms with Crippen LogP contribution in [0.25, 0.3) is 0 Å². The number of hydrogen-bond acceptors (Lipinski definition) is 5. The summed E-state index contributed by atoms with van der Waals surface area (Å²) in [6.07, 6.45) is -0.107. The Bertz CT molecular complexity index is 1070. The molecule has 1 unspecified atom stereocenters. The number of esters is 2. The number of carbonyl (C=O) groups is 3. The molecule has 0 N–H and O–H groups in total. The molecular formula is C26H29NO5. The molecule has 2 aromatic rings. The zero-order valence-corrected chi connectivity index (χ0v) is 19.2. The Labute approximate surface area is 188 Å². The van der Waals surface area contributed by atoms with Gasteiger partial charge in [0, 0.05) is 18.0 Å². The van der Waals surface area contributed by atoms with E-state index in [4.69, 9.17) is 9.47 Å². The van der Waals surface area contributed by atoms with Crippen molar-refractivity contribution in [1.29, 1.82) is 0 Å². The number of allylic oxidation sites excluding steroid dienone is 1. The first-order chi connectivity index (χ1) is 15.2. The zero-order valence-electron chi connectivity index (χ0n) is 19.2. The van der Waals surface area contributed by atoms with E-state index >= 15 is 0 Å². The molecule has 6 heteroatoms. The fraction of sp³-hybridized carbons (Fsp3) is 0.346. The molecule has 32 heavy (non-hydrogen) atoms. The molecule has 0 spiro atoms. The van der Waals surface area contributed by atoms with Crippen LogP contribution in [0.2, 0.25) is 0 Å². The van der Waals surface area contributed by atoms with Gasteiger partial charge in [-0.05, 0) is 56.5 Å². The van der Waals surface area contributed by atoms with Crippen LogP contribution in [-0.2, 0) is 25.6 Å². The van der Waals surface area contributed by atoms with Crippen molar-refractivity contribution in [3.63, 3.8) is 0 Å². The molecule has 0 aliphatic carbocycles. The van der Waals surface area contributed by atoms with Crippen LogP contribution in [0.3, 0.4) is 0 Å². The smallest absolute Gasteiger partial charge is 0.337 e. The van der Waals surface area contributed by atoms with Crippen LogP contribution in [0.15, 0.2) is 59.8 Å². The van der Waals surface area contributed by atoms with Gasteiger partial charge < -0.3 is 14.4 Å². The molecule has 0 saturated heterocycles. The van der Waals surface area contributed by atoms with E-state index < -0.39 is 11.9 Å². The lowest BCUT2D eigenvalue weighted by molar-refractivity contribution is -0.143. The molecular weight excluding hydrogens is 406 g/mol. The molecule has 1 amide bonds. The highest BCUT2D eigenvalue weighted by Gasteiger charge is 2.37. The topological polar surface area (TPSA) is 72.9 Å². The quantitative estimate of drug-likeness (QED) is 0.624. The maximum atomic E-state index is 13.2. The molecule has 1 atom stereocenters. The Balaban J connectivity index is 2.04. The molecule has 0 radical (unpaired) electrons. The lowest BCUT2D eigenvalue weighted by Gasteiger charge is -2.35. The van der Waals surface area contributed by atoms with Crippen molar-refractivity contribution in [3.8, 4) is 0 Å². The van der Waals surface area contributed by atoms with E-state index in [9.17, 15) is 14.4 Å². The van der Waals surface area contributed by atoms with Gasteiger partial charge in [-0.3, -0.25) is 4.79 Å². The highest BCUT2D eigenvalue weighted by Crippen LogP contribution is 2.39. The summed E-state index contributed by atoms with van der Waals surface area (Å²) in [5.74, 6) is -1.30. The van der Waals surface area contributed by atoms with Crippen molar-refractivity contribution in [3.05, 3.63) is 82.1 Å². The maximum absolute atomic E-state index is 13.2. The fourth-order valence-electron chi connectivity index (χ4n) is 4.09. The first kappa shape index (κ1) is 23.3. The van der Waals surface area contributed by atoms with Gasteiger partial charge in [-0.2, -0.15) is 0 Å². The second kappa shape index (κ2) is 9.81. The van der Waals surface area contributed by atoms with Crippen LogP contribution in [0.4, 0.5) is 0 Å². The molecule has 0 aromatic heterocycles. The highest BCUT2D eigenvalue weighted by molar-refractivity contribution is 5.96. The monoisotopic (exact) mass is 435 g/mol. The summed E-state index contributed by atoms with van der Waals surface area (Å²) in [7, 11) is 1.33. The largest absolute Gasteiger partial charge is 0.465 e. The minimum absolute atomic E-state index is 0.0830. The van der Waals surface area contributed by atoms with Gasteiger partial charge in [0.05, 0.1) is 30.9 Å². The van der Waals surface area contributed by atoms with Crippen molar-refractivity contribution in [2.75, 3.05) is 7.11 Å². The van der Waals surface area contributed by atoms with E-state index in [-0.39, 0.29) is 30.9 Å². The molecule has 1 aliphatic heterocycles. The number of benzene rings is 2. The number of nitrogens with zero attached hydrogens (tertiary/aromatic N) is 1. The van der Waals surface area contributed by atoms with Gasteiger partial charge in [0.1, 0.15) is 0 Å². The highest BCUT2D eigenvalue weighted by atomic mass is 16.5. The Morgan fingerprint density at radius 3 is 2.44 bits per heavy atom. The van der Waals surface area contributed by atoms with E-state index in [2.05, 4.69) is 0 Å². The Kier molecular flexibility index (Phi) is 7.13. The third kappa shape index (κ3) is 4.90. The molecule has 1 aliphatic rings. The first-order valence-corrected chi connectivity index (χ1v) is 10.7. The Hall–Kier alpha value is -3.41. The van der Waals surface area contributed by atoms with Gasteiger partial charge in [-0.25, -0.2) is 9.59 Å². The van der Waals surface area contributed by atoms with E-state index in [0.29, 0.717) is 16.8 Å². The van der Waals surface area contributed by atoms with E-state index in [1.54, 1.807) is 43.9 Å². The summed E-state index contributed by atoms with van der Waals surface area (Å²) in [5, 5.41) is 0. The van der Waals surface area contributed by atoms with Crippen molar-refractivity contribution in [1.82, 2.24) is 4.90 Å². The summed E-state index contributed by atoms with van der Waals surface area (Å²) in [6, 6.07) is 14.7. The Morgan fingerprint density at radius 1 is 1.06 bits per heavy atom. The average Bonchev–Trinajstić information content (AvgIpc) is 2.75. The first-order valence-electron chi connectivity index (χ1n) is 10.7. The van der Waals surface area contributed by atoms with Crippen LogP contribution in [0, 0.1) is 6.92 Å². The average molecular weight is 436 g/mol. The predicted octanol–water partition coefficient (Wildman–Crippen LogP) is 4.52. The summed E-state index contributed by atoms with van der Waals surface area (Å²) >= 11 is 0. The molecule has 0 bridgehead atoms.